The molecule has 0 aliphatic rings. The van der Waals surface area contributed by atoms with Gasteiger partial charge in [0.15, 0.2) is 0 Å². The smallest absolute Gasteiger partial charge is 0.141 e. The molecule has 2 aromatic rings. The highest BCUT2D eigenvalue weighted by Crippen LogP contribution is 2.28. The molecule has 63 valence electrons. The number of aromatic amines is 1. The molecule has 0 aliphatic heterocycles. The molecule has 0 spiro atoms. The van der Waals surface area contributed by atoms with E-state index in [-0.39, 0.29) is 0 Å². The van der Waals surface area contributed by atoms with E-state index >= 15 is 0 Å². The predicted molar refractivity (Wildman–Crippen MR) is 50.5 cm³/mol. The second kappa shape index (κ2) is 3.21. The van der Waals surface area contributed by atoms with Gasteiger partial charge in [0, 0.05) is 5.38 Å². The lowest BCUT2D eigenvalue weighted by molar-refractivity contribution is 1.30. The molecule has 0 aromatic carbocycles. The van der Waals surface area contributed by atoms with Crippen molar-refractivity contribution in [3.05, 3.63) is 27.7 Å². The Morgan fingerprint density at radius 1 is 1.69 bits per heavy atom. The second-order valence-electron chi connectivity index (χ2n) is 2.32. The number of aromatic nitrogens is 2. The zero-order valence-corrected chi connectivity index (χ0v) is 7.91. The van der Waals surface area contributed by atoms with Gasteiger partial charge in [-0.3, -0.25) is 0 Å². The van der Waals surface area contributed by atoms with Crippen molar-refractivity contribution >= 4 is 22.9 Å². The van der Waals surface area contributed by atoms with E-state index in [9.17, 15) is 0 Å². The molecule has 5 heteroatoms. The number of hydrogen-bond donors (Lipinski definition) is 1. The van der Waals surface area contributed by atoms with Crippen molar-refractivity contribution in [3.8, 4) is 17.5 Å². The van der Waals surface area contributed by atoms with Gasteiger partial charge in [-0.2, -0.15) is 5.26 Å². The third-order valence-electron chi connectivity index (χ3n) is 1.50. The van der Waals surface area contributed by atoms with E-state index in [1.165, 1.54) is 17.5 Å². The highest BCUT2D eigenvalue weighted by molar-refractivity contribution is 7.08. The summed E-state index contributed by atoms with van der Waals surface area (Å²) in [6, 6.07) is 1.96. The fourth-order valence-electron chi connectivity index (χ4n) is 0.914. The Kier molecular flexibility index (Phi) is 2.05. The van der Waals surface area contributed by atoms with Gasteiger partial charge >= 0.3 is 0 Å². The Hall–Kier alpha value is -1.31. The molecule has 0 aliphatic carbocycles. The van der Waals surface area contributed by atoms with Gasteiger partial charge in [-0.25, -0.2) is 4.98 Å². The summed E-state index contributed by atoms with van der Waals surface area (Å²) in [6.07, 6.45) is 1.47. The van der Waals surface area contributed by atoms with Crippen LogP contribution in [0.15, 0.2) is 11.6 Å². The topological polar surface area (TPSA) is 52.5 Å². The van der Waals surface area contributed by atoms with Crippen molar-refractivity contribution in [2.24, 2.45) is 0 Å². The number of nitrogens with one attached hydrogen (secondary N) is 1. The Bertz CT molecular complexity index is 466. The summed E-state index contributed by atoms with van der Waals surface area (Å²) < 4.78 is 0. The molecule has 0 saturated carbocycles. The number of nitriles is 1. The van der Waals surface area contributed by atoms with Crippen LogP contribution in [0.3, 0.4) is 0 Å². The molecule has 2 rings (SSSR count). The number of thiophene rings is 1. The van der Waals surface area contributed by atoms with Crippen LogP contribution < -0.4 is 0 Å². The maximum atomic E-state index is 8.56. The lowest BCUT2D eigenvalue weighted by Crippen LogP contribution is -1.77. The molecule has 1 radical (unpaired) electrons. The van der Waals surface area contributed by atoms with E-state index in [1.54, 1.807) is 5.38 Å². The third kappa shape index (κ3) is 1.44. The first-order valence-corrected chi connectivity index (χ1v) is 4.67. The summed E-state index contributed by atoms with van der Waals surface area (Å²) >= 11 is 7.24. The van der Waals surface area contributed by atoms with Crippen molar-refractivity contribution in [1.29, 1.82) is 5.26 Å². The summed E-state index contributed by atoms with van der Waals surface area (Å²) in [5.41, 5.74) is 1.14. The normalized spacial score (nSPS) is 9.85. The van der Waals surface area contributed by atoms with Gasteiger partial charge < -0.3 is 4.98 Å². The highest BCUT2D eigenvalue weighted by Gasteiger charge is 2.08. The predicted octanol–water partition coefficient (Wildman–Crippen LogP) is 2.46. The van der Waals surface area contributed by atoms with Crippen LogP contribution in [0.2, 0.25) is 5.02 Å². The minimum atomic E-state index is 0.422. The molecular weight excluding hydrogens is 206 g/mol. The first-order valence-electron chi connectivity index (χ1n) is 3.41. The van der Waals surface area contributed by atoms with Crippen molar-refractivity contribution < 1.29 is 0 Å². The summed E-state index contributed by atoms with van der Waals surface area (Å²) in [4.78, 5) is 6.83. The summed E-state index contributed by atoms with van der Waals surface area (Å²) in [5.74, 6) is 0.586. The van der Waals surface area contributed by atoms with E-state index in [2.05, 4.69) is 15.3 Å². The number of nitrogens with zero attached hydrogens (tertiary/aromatic N) is 2. The number of hydrogen-bond acceptors (Lipinski definition) is 3. The van der Waals surface area contributed by atoms with Crippen molar-refractivity contribution in [2.75, 3.05) is 0 Å². The molecule has 13 heavy (non-hydrogen) atoms. The molecule has 0 unspecified atom stereocenters. The maximum Gasteiger partial charge on any atom is 0.141 e. The van der Waals surface area contributed by atoms with Crippen LogP contribution in [-0.2, 0) is 0 Å². The van der Waals surface area contributed by atoms with Gasteiger partial charge in [0.05, 0.1) is 22.2 Å². The van der Waals surface area contributed by atoms with Crippen LogP contribution in [0.1, 0.15) is 5.69 Å². The van der Waals surface area contributed by atoms with Crippen LogP contribution >= 0.6 is 22.9 Å². The summed E-state index contributed by atoms with van der Waals surface area (Å²) in [6.45, 7) is 0. The Labute approximate surface area is 83.6 Å². The molecular formula is C8H3ClN3S. The molecule has 0 saturated heterocycles. The van der Waals surface area contributed by atoms with E-state index in [0.717, 1.165) is 0 Å². The molecule has 0 amide bonds. The van der Waals surface area contributed by atoms with Gasteiger partial charge in [0.25, 0.3) is 0 Å². The lowest BCUT2D eigenvalue weighted by atomic mass is 10.3. The van der Waals surface area contributed by atoms with Crippen LogP contribution in [0.5, 0.6) is 0 Å². The maximum absolute atomic E-state index is 8.56. The van der Waals surface area contributed by atoms with Crippen LogP contribution in [0, 0.1) is 16.7 Å². The molecule has 1 N–H and O–H groups in total. The minimum absolute atomic E-state index is 0.422. The number of imidazole rings is 1. The largest absolute Gasteiger partial charge is 0.330 e. The van der Waals surface area contributed by atoms with Crippen molar-refractivity contribution in [3.63, 3.8) is 0 Å². The number of rotatable bonds is 1. The lowest BCUT2D eigenvalue weighted by Gasteiger charge is -1.89. The Balaban J connectivity index is 2.48. The first kappa shape index (κ1) is 8.30. The highest BCUT2D eigenvalue weighted by atomic mass is 35.5. The Morgan fingerprint density at radius 3 is 3.08 bits per heavy atom. The van der Waals surface area contributed by atoms with Crippen LogP contribution in [0.25, 0.3) is 11.4 Å². The average Bonchev–Trinajstić information content (AvgIpc) is 2.71. The van der Waals surface area contributed by atoms with E-state index in [1.807, 2.05) is 6.07 Å². The van der Waals surface area contributed by atoms with E-state index < -0.39 is 0 Å². The van der Waals surface area contributed by atoms with Gasteiger partial charge in [-0.05, 0) is 0 Å². The summed E-state index contributed by atoms with van der Waals surface area (Å²) in [5, 5.41) is 13.9. The summed E-state index contributed by atoms with van der Waals surface area (Å²) in [7, 11) is 0. The monoisotopic (exact) mass is 208 g/mol. The van der Waals surface area contributed by atoms with Crippen molar-refractivity contribution in [1.82, 2.24) is 9.97 Å². The van der Waals surface area contributed by atoms with E-state index in [0.29, 0.717) is 22.1 Å². The standard InChI is InChI=1S/C8H3ClN3S/c9-7-4-13-3-6(7)8-11-2-5(1-10)12-8/h2,4H,(H,11,12). The molecule has 3 nitrogen and oxygen atoms in total. The second-order valence-corrected chi connectivity index (χ2v) is 3.40. The fraction of sp³-hybridized carbons (Fsp3) is 0. The van der Waals surface area contributed by atoms with E-state index in [4.69, 9.17) is 16.9 Å². The zero-order valence-electron chi connectivity index (χ0n) is 6.34. The molecule has 2 heterocycles. The van der Waals surface area contributed by atoms with Gasteiger partial charge in [0.1, 0.15) is 17.6 Å². The number of H-pyrrole nitrogens is 1. The van der Waals surface area contributed by atoms with Crippen molar-refractivity contribution in [2.45, 2.75) is 0 Å². The molecule has 0 fully saturated rings. The third-order valence-corrected chi connectivity index (χ3v) is 2.60. The van der Waals surface area contributed by atoms with Gasteiger partial charge in [0.2, 0.25) is 0 Å². The molecule has 0 atom stereocenters. The minimum Gasteiger partial charge on any atom is -0.330 e. The zero-order chi connectivity index (χ0) is 9.26. The van der Waals surface area contributed by atoms with Gasteiger partial charge in [-0.1, -0.05) is 11.6 Å². The Morgan fingerprint density at radius 2 is 2.54 bits per heavy atom. The average molecular weight is 209 g/mol. The molecule has 0 bridgehead atoms. The molecule has 2 aromatic heterocycles. The number of halogens is 1. The fourth-order valence-corrected chi connectivity index (χ4v) is 1.85. The van der Waals surface area contributed by atoms with Crippen LogP contribution in [-0.4, -0.2) is 9.97 Å². The van der Waals surface area contributed by atoms with Gasteiger partial charge in [-0.15, -0.1) is 11.3 Å². The first-order chi connectivity index (χ1) is 6.31. The quantitative estimate of drug-likeness (QED) is 0.783. The SMILES string of the molecule is N#Cc1cnc(-c2[c]scc2Cl)[nH]1. The van der Waals surface area contributed by atoms with Crippen LogP contribution in [0.4, 0.5) is 0 Å².